The van der Waals surface area contributed by atoms with E-state index in [1.807, 2.05) is 0 Å². The van der Waals surface area contributed by atoms with Crippen LogP contribution in [0.2, 0.25) is 0 Å². The molecule has 0 aliphatic carbocycles. The minimum atomic E-state index is -1.55. The van der Waals surface area contributed by atoms with Gasteiger partial charge in [-0.1, -0.05) is 0 Å². The quantitative estimate of drug-likeness (QED) is 0.669. The molecule has 82 valence electrons. The zero-order chi connectivity index (χ0) is 10.9. The van der Waals surface area contributed by atoms with E-state index in [1.54, 1.807) is 0 Å². The number of aromatic carboxylic acids is 2. The fourth-order valence-electron chi connectivity index (χ4n) is 0.899. The van der Waals surface area contributed by atoms with E-state index in [0.717, 1.165) is 12.1 Å². The van der Waals surface area contributed by atoms with E-state index in [2.05, 4.69) is 0 Å². The average molecular weight is 255 g/mol. The van der Waals surface area contributed by atoms with Gasteiger partial charge >= 0.3 is 28.4 Å². The van der Waals surface area contributed by atoms with Crippen LogP contribution in [0.25, 0.3) is 0 Å². The van der Waals surface area contributed by atoms with Gasteiger partial charge in [-0.3, -0.25) is 0 Å². The third-order valence-electron chi connectivity index (χ3n) is 1.57. The van der Waals surface area contributed by atoms with Crippen molar-refractivity contribution in [3.05, 3.63) is 23.3 Å². The summed E-state index contributed by atoms with van der Waals surface area (Å²) in [6.45, 7) is 0. The molecule has 0 saturated heterocycles. The van der Waals surface area contributed by atoms with Crippen LogP contribution in [0, 0.1) is 0 Å². The van der Waals surface area contributed by atoms with E-state index in [9.17, 15) is 19.8 Å². The Morgan fingerprint density at radius 1 is 0.933 bits per heavy atom. The van der Waals surface area contributed by atoms with Gasteiger partial charge < -0.3 is 20.4 Å². The fraction of sp³-hybridized carbons (Fsp3) is 0. The monoisotopic (exact) mass is 254 g/mol. The molecule has 0 fully saturated rings. The third kappa shape index (κ3) is 2.38. The summed E-state index contributed by atoms with van der Waals surface area (Å²) in [5, 5.41) is 38.8. The first-order chi connectivity index (χ1) is 6.45. The van der Waals surface area contributed by atoms with Gasteiger partial charge in [-0.25, -0.2) is 9.59 Å². The van der Waals surface area contributed by atoms with Gasteiger partial charge in [-0.2, -0.15) is 0 Å². The molecule has 0 bridgehead atoms. The molecule has 0 atom stereocenters. The number of carbonyl (C=O) groups is 2. The van der Waals surface area contributed by atoms with Crippen LogP contribution in [-0.4, -0.2) is 22.2 Å². The van der Waals surface area contributed by atoms with Gasteiger partial charge in [0.05, 0.1) is 11.1 Å². The van der Waals surface area contributed by atoms with Crippen LogP contribution in [0.4, 0.5) is 0 Å². The molecule has 0 spiro atoms. The maximum absolute atomic E-state index is 11.0. The smallest absolute Gasteiger partial charge is 0.872 e. The molecule has 1 rings (SSSR count). The zero-order valence-electron chi connectivity index (χ0n) is 7.00. The van der Waals surface area contributed by atoms with Crippen molar-refractivity contribution < 1.29 is 46.5 Å². The molecule has 0 heterocycles. The van der Waals surface area contributed by atoms with Gasteiger partial charge in [0.25, 0.3) is 0 Å². The Bertz CT molecular complexity index is 375. The summed E-state index contributed by atoms with van der Waals surface area (Å²) in [6, 6.07) is 1.60. The van der Waals surface area contributed by atoms with Gasteiger partial charge in [0, 0.05) is 0 Å². The molecule has 0 aromatic heterocycles. The Morgan fingerprint density at radius 2 is 1.20 bits per heavy atom. The van der Waals surface area contributed by atoms with E-state index >= 15 is 0 Å². The molecule has 1 aromatic rings. The van der Waals surface area contributed by atoms with Crippen molar-refractivity contribution in [3.63, 3.8) is 0 Å². The second kappa shape index (κ2) is 4.66. The molecule has 0 radical (unpaired) electrons. The van der Waals surface area contributed by atoms with Crippen LogP contribution in [-0.2, 0) is 16.5 Å². The molecular formula is C8H4NiO6. The fourth-order valence-corrected chi connectivity index (χ4v) is 0.899. The second-order valence-electron chi connectivity index (χ2n) is 2.43. The number of rotatable bonds is 2. The first-order valence-corrected chi connectivity index (χ1v) is 3.42. The van der Waals surface area contributed by atoms with Crippen LogP contribution in [0.5, 0.6) is 11.5 Å². The van der Waals surface area contributed by atoms with E-state index in [-0.39, 0.29) is 16.5 Å². The summed E-state index contributed by atoms with van der Waals surface area (Å²) in [7, 11) is 0. The van der Waals surface area contributed by atoms with E-state index in [1.165, 1.54) is 0 Å². The molecule has 6 nitrogen and oxygen atoms in total. The van der Waals surface area contributed by atoms with Gasteiger partial charge in [0.15, 0.2) is 0 Å². The maximum Gasteiger partial charge on any atom is 2.00 e. The predicted molar refractivity (Wildman–Crippen MR) is 39.3 cm³/mol. The molecule has 0 saturated carbocycles. The number of hydrogen-bond donors (Lipinski definition) is 2. The van der Waals surface area contributed by atoms with E-state index in [4.69, 9.17) is 10.2 Å². The summed E-state index contributed by atoms with van der Waals surface area (Å²) in [4.78, 5) is 20.7. The molecule has 15 heavy (non-hydrogen) atoms. The number of carboxylic acids is 2. The summed E-state index contributed by atoms with van der Waals surface area (Å²) in [6.07, 6.45) is 0. The molecule has 1 aromatic carbocycles. The van der Waals surface area contributed by atoms with Gasteiger partial charge in [-0.15, -0.1) is 11.5 Å². The Labute approximate surface area is 93.7 Å². The average Bonchev–Trinajstić information content (AvgIpc) is 2.08. The summed E-state index contributed by atoms with van der Waals surface area (Å²) >= 11 is 0. The van der Waals surface area contributed by atoms with Crippen LogP contribution in [0.3, 0.4) is 0 Å². The number of hydrogen-bond acceptors (Lipinski definition) is 4. The molecule has 0 amide bonds. The van der Waals surface area contributed by atoms with Crippen molar-refractivity contribution in [3.8, 4) is 11.5 Å². The van der Waals surface area contributed by atoms with Crippen molar-refractivity contribution in [1.29, 1.82) is 0 Å². The van der Waals surface area contributed by atoms with Crippen LogP contribution >= 0.6 is 0 Å². The van der Waals surface area contributed by atoms with Gasteiger partial charge in [0.1, 0.15) is 0 Å². The predicted octanol–water partition coefficient (Wildman–Crippen LogP) is -0.772. The normalized spacial score (nSPS) is 9.07. The maximum atomic E-state index is 11.0. The van der Waals surface area contributed by atoms with E-state index < -0.39 is 34.6 Å². The van der Waals surface area contributed by atoms with Crippen molar-refractivity contribution >= 4 is 11.9 Å². The Hall–Kier alpha value is -1.75. The summed E-state index contributed by atoms with van der Waals surface area (Å²) in [5.41, 5.74) is -1.44. The van der Waals surface area contributed by atoms with Crippen LogP contribution in [0.15, 0.2) is 12.1 Å². The van der Waals surface area contributed by atoms with Crippen LogP contribution in [0.1, 0.15) is 20.7 Å². The van der Waals surface area contributed by atoms with Crippen molar-refractivity contribution in [2.75, 3.05) is 0 Å². The zero-order valence-corrected chi connectivity index (χ0v) is 7.99. The van der Waals surface area contributed by atoms with Crippen molar-refractivity contribution in [2.45, 2.75) is 0 Å². The molecule has 2 N–H and O–H groups in total. The van der Waals surface area contributed by atoms with E-state index in [0.29, 0.717) is 0 Å². The minimum Gasteiger partial charge on any atom is -0.872 e. The standard InChI is InChI=1S/C8H6O6.Ni/c9-5-3(7(11)12)1-2-4(6(5)10)8(13)14;/h1-2,9-10H,(H,11,12)(H,13,14);/q;+2/p-2. The Morgan fingerprint density at radius 3 is 1.40 bits per heavy atom. The number of carboxylic acid groups (broad SMARTS) is 2. The molecule has 0 aliphatic rings. The van der Waals surface area contributed by atoms with Crippen molar-refractivity contribution in [1.82, 2.24) is 0 Å². The molecule has 0 aliphatic heterocycles. The topological polar surface area (TPSA) is 121 Å². The van der Waals surface area contributed by atoms with Crippen molar-refractivity contribution in [2.24, 2.45) is 0 Å². The number of benzene rings is 1. The second-order valence-corrected chi connectivity index (χ2v) is 2.43. The first-order valence-electron chi connectivity index (χ1n) is 3.42. The molecule has 7 heteroatoms. The summed E-state index contributed by atoms with van der Waals surface area (Å²) in [5.74, 6) is -5.72. The SMILES string of the molecule is O=C(O)c1ccc(C(=O)O)c([O-])c1[O-].[Ni+2]. The Kier molecular flexibility index (Phi) is 4.12. The Balaban J connectivity index is 0.00000196. The molecule has 0 unspecified atom stereocenters. The van der Waals surface area contributed by atoms with Crippen LogP contribution < -0.4 is 10.2 Å². The first kappa shape index (κ1) is 13.3. The largest absolute Gasteiger partial charge is 2.00 e. The summed E-state index contributed by atoms with van der Waals surface area (Å²) < 4.78 is 0. The van der Waals surface area contributed by atoms with Gasteiger partial charge in [0.2, 0.25) is 0 Å². The van der Waals surface area contributed by atoms with Gasteiger partial charge in [-0.05, 0) is 12.1 Å². The minimum absolute atomic E-state index is 0. The third-order valence-corrected chi connectivity index (χ3v) is 1.57. The molecular weight excluding hydrogens is 251 g/mol.